The van der Waals surface area contributed by atoms with Crippen molar-refractivity contribution in [3.8, 4) is 0 Å². The van der Waals surface area contributed by atoms with Crippen LogP contribution in [0.15, 0.2) is 66.7 Å². The molecule has 0 aliphatic rings. The fourth-order valence-electron chi connectivity index (χ4n) is 2.00. The molecule has 1 N–H and O–H groups in total. The molecule has 0 amide bonds. The standard InChI is InChI=1S/C16H16N2O3/c1-12(2)16(13-6-4-3-5-7-13)17(19)14-8-10-15(11-9-14)18(20)21/h3-11,16,19H,1H2,2H3/i2D3. The lowest BCUT2D eigenvalue weighted by Crippen LogP contribution is -2.25. The maximum Gasteiger partial charge on any atom is 0.269 e. The van der Waals surface area contributed by atoms with Gasteiger partial charge >= 0.3 is 0 Å². The Labute approximate surface area is 127 Å². The topological polar surface area (TPSA) is 66.6 Å². The number of nitrogens with zero attached hydrogens (tertiary/aromatic N) is 2. The Morgan fingerprint density at radius 3 is 2.43 bits per heavy atom. The minimum atomic E-state index is -2.47. The average Bonchev–Trinajstić information content (AvgIpc) is 2.55. The number of benzene rings is 2. The Bertz CT molecular complexity index is 730. The van der Waals surface area contributed by atoms with E-state index in [0.29, 0.717) is 5.56 Å². The fourth-order valence-corrected chi connectivity index (χ4v) is 2.00. The molecule has 5 heteroatoms. The van der Waals surface area contributed by atoms with Crippen molar-refractivity contribution in [2.75, 3.05) is 5.06 Å². The number of hydroxylamine groups is 1. The summed E-state index contributed by atoms with van der Waals surface area (Å²) >= 11 is 0. The third-order valence-corrected chi connectivity index (χ3v) is 3.02. The average molecular weight is 287 g/mol. The summed E-state index contributed by atoms with van der Waals surface area (Å²) in [6, 6.07) is 12.7. The summed E-state index contributed by atoms with van der Waals surface area (Å²) < 4.78 is 22.7. The molecule has 0 bridgehead atoms. The van der Waals surface area contributed by atoms with Gasteiger partial charge in [-0.25, -0.2) is 5.06 Å². The van der Waals surface area contributed by atoms with Crippen LogP contribution in [0.3, 0.4) is 0 Å². The molecule has 2 rings (SSSR count). The Morgan fingerprint density at radius 1 is 1.29 bits per heavy atom. The van der Waals surface area contributed by atoms with Gasteiger partial charge in [-0.05, 0) is 24.5 Å². The summed E-state index contributed by atoms with van der Waals surface area (Å²) in [5, 5.41) is 22.0. The van der Waals surface area contributed by atoms with E-state index in [1.807, 2.05) is 0 Å². The lowest BCUT2D eigenvalue weighted by Gasteiger charge is -2.28. The van der Waals surface area contributed by atoms with Gasteiger partial charge in [0.25, 0.3) is 5.69 Å². The van der Waals surface area contributed by atoms with E-state index in [0.717, 1.165) is 5.06 Å². The van der Waals surface area contributed by atoms with E-state index in [9.17, 15) is 15.3 Å². The van der Waals surface area contributed by atoms with E-state index in [1.54, 1.807) is 30.3 Å². The molecule has 21 heavy (non-hydrogen) atoms. The van der Waals surface area contributed by atoms with Crippen molar-refractivity contribution < 1.29 is 14.2 Å². The van der Waals surface area contributed by atoms with Crippen LogP contribution < -0.4 is 5.06 Å². The van der Waals surface area contributed by atoms with Gasteiger partial charge in [0.15, 0.2) is 0 Å². The zero-order valence-corrected chi connectivity index (χ0v) is 11.1. The lowest BCUT2D eigenvalue weighted by molar-refractivity contribution is -0.384. The molecule has 0 aromatic heterocycles. The third kappa shape index (κ3) is 3.27. The molecule has 1 unspecified atom stereocenters. The maximum absolute atomic E-state index is 10.7. The van der Waals surface area contributed by atoms with Gasteiger partial charge in [-0.2, -0.15) is 0 Å². The van der Waals surface area contributed by atoms with Crippen LogP contribution in [0.1, 0.15) is 22.6 Å². The van der Waals surface area contributed by atoms with Gasteiger partial charge in [-0.3, -0.25) is 15.3 Å². The van der Waals surface area contributed by atoms with Crippen molar-refractivity contribution in [3.63, 3.8) is 0 Å². The first-order valence-electron chi connectivity index (χ1n) is 7.68. The molecule has 0 heterocycles. The molecule has 108 valence electrons. The monoisotopic (exact) mass is 287 g/mol. The first kappa shape index (κ1) is 11.0. The molecule has 0 saturated carbocycles. The SMILES string of the molecule is [2H]C([2H])([2H])C(=C)C(c1ccccc1)N(O)c1ccc([N+](=O)[O-])cc1. The van der Waals surface area contributed by atoms with E-state index in [2.05, 4.69) is 6.58 Å². The Kier molecular flexibility index (Phi) is 3.26. The van der Waals surface area contributed by atoms with Gasteiger partial charge in [-0.1, -0.05) is 42.5 Å². The first-order chi connectivity index (χ1) is 11.2. The molecule has 0 aliphatic heterocycles. The van der Waals surface area contributed by atoms with Crippen LogP contribution in [-0.4, -0.2) is 10.1 Å². The summed E-state index contributed by atoms with van der Waals surface area (Å²) in [6.45, 7) is 1.15. The highest BCUT2D eigenvalue weighted by Crippen LogP contribution is 2.31. The van der Waals surface area contributed by atoms with Crippen molar-refractivity contribution in [1.29, 1.82) is 0 Å². The largest absolute Gasteiger partial charge is 0.288 e. The van der Waals surface area contributed by atoms with Crippen LogP contribution in [0.5, 0.6) is 0 Å². The van der Waals surface area contributed by atoms with E-state index < -0.39 is 17.8 Å². The molecule has 0 aliphatic carbocycles. The van der Waals surface area contributed by atoms with Crippen LogP contribution in [0.2, 0.25) is 0 Å². The highest BCUT2D eigenvalue weighted by Gasteiger charge is 2.20. The normalized spacial score (nSPS) is 14.4. The summed E-state index contributed by atoms with van der Waals surface area (Å²) in [7, 11) is 0. The molecular formula is C16H16N2O3. The van der Waals surface area contributed by atoms with Crippen molar-refractivity contribution in [2.24, 2.45) is 0 Å². The lowest BCUT2D eigenvalue weighted by atomic mass is 10.0. The van der Waals surface area contributed by atoms with E-state index in [1.165, 1.54) is 24.3 Å². The molecule has 0 radical (unpaired) electrons. The highest BCUT2D eigenvalue weighted by atomic mass is 16.6. The molecule has 2 aromatic carbocycles. The molecule has 1 atom stereocenters. The van der Waals surface area contributed by atoms with Crippen molar-refractivity contribution in [3.05, 3.63) is 82.4 Å². The molecule has 0 spiro atoms. The Balaban J connectivity index is 2.43. The van der Waals surface area contributed by atoms with Crippen LogP contribution in [0, 0.1) is 10.1 Å². The number of non-ortho nitro benzene ring substituents is 1. The highest BCUT2D eigenvalue weighted by molar-refractivity contribution is 5.52. The zero-order chi connectivity index (χ0) is 17.9. The number of anilines is 1. The molecule has 5 nitrogen and oxygen atoms in total. The van der Waals surface area contributed by atoms with Gasteiger partial charge in [0, 0.05) is 16.2 Å². The predicted octanol–water partition coefficient (Wildman–Crippen LogP) is 4.11. The second-order valence-electron chi connectivity index (χ2n) is 4.46. The van der Waals surface area contributed by atoms with E-state index >= 15 is 0 Å². The van der Waals surface area contributed by atoms with Crippen LogP contribution in [0.4, 0.5) is 11.4 Å². The van der Waals surface area contributed by atoms with Crippen molar-refractivity contribution in [2.45, 2.75) is 12.9 Å². The summed E-state index contributed by atoms with van der Waals surface area (Å²) in [6.07, 6.45) is 0. The van der Waals surface area contributed by atoms with Gasteiger partial charge in [-0.15, -0.1) is 0 Å². The fraction of sp³-hybridized carbons (Fsp3) is 0.125. The van der Waals surface area contributed by atoms with Crippen LogP contribution in [0.25, 0.3) is 0 Å². The smallest absolute Gasteiger partial charge is 0.269 e. The second-order valence-corrected chi connectivity index (χ2v) is 4.46. The number of rotatable bonds is 5. The quantitative estimate of drug-likeness (QED) is 0.510. The zero-order valence-electron chi connectivity index (χ0n) is 14.1. The minimum Gasteiger partial charge on any atom is -0.288 e. The van der Waals surface area contributed by atoms with Crippen molar-refractivity contribution in [1.82, 2.24) is 0 Å². The number of nitro benzene ring substituents is 1. The van der Waals surface area contributed by atoms with Crippen LogP contribution in [-0.2, 0) is 0 Å². The van der Waals surface area contributed by atoms with Crippen LogP contribution >= 0.6 is 0 Å². The Morgan fingerprint density at radius 2 is 1.90 bits per heavy atom. The van der Waals surface area contributed by atoms with Gasteiger partial charge in [0.05, 0.1) is 10.6 Å². The summed E-state index contributed by atoms with van der Waals surface area (Å²) in [4.78, 5) is 10.2. The number of hydrogen-bond acceptors (Lipinski definition) is 4. The summed E-state index contributed by atoms with van der Waals surface area (Å²) in [5.74, 6) is 0. The second kappa shape index (κ2) is 6.19. The maximum atomic E-state index is 10.7. The van der Waals surface area contributed by atoms with Gasteiger partial charge in [0.1, 0.15) is 6.04 Å². The van der Waals surface area contributed by atoms with Gasteiger partial charge < -0.3 is 0 Å². The number of hydrogen-bond donors (Lipinski definition) is 1. The molecule has 0 saturated heterocycles. The predicted molar refractivity (Wildman–Crippen MR) is 81.4 cm³/mol. The number of nitro groups is 1. The Hall–Kier alpha value is -2.66. The first-order valence-corrected chi connectivity index (χ1v) is 6.18. The molecule has 2 aromatic rings. The third-order valence-electron chi connectivity index (χ3n) is 3.02. The summed E-state index contributed by atoms with van der Waals surface area (Å²) in [5.41, 5.74) is 0.479. The van der Waals surface area contributed by atoms with E-state index in [4.69, 9.17) is 4.11 Å². The minimum absolute atomic E-state index is 0.127. The van der Waals surface area contributed by atoms with Crippen molar-refractivity contribution >= 4 is 11.4 Å². The molecule has 0 fully saturated rings. The van der Waals surface area contributed by atoms with E-state index in [-0.39, 0.29) is 16.9 Å². The van der Waals surface area contributed by atoms with Gasteiger partial charge in [0.2, 0.25) is 0 Å². The molecular weight excluding hydrogens is 268 g/mol.